The highest BCUT2D eigenvalue weighted by Gasteiger charge is 2.36. The summed E-state index contributed by atoms with van der Waals surface area (Å²) in [6.45, 7) is 4.58. The van der Waals surface area contributed by atoms with Crippen molar-refractivity contribution in [3.05, 3.63) is 23.3 Å². The predicted molar refractivity (Wildman–Crippen MR) is 89.4 cm³/mol. The molecule has 0 aliphatic carbocycles. The van der Waals surface area contributed by atoms with Crippen molar-refractivity contribution < 1.29 is 14.3 Å². The molecule has 0 spiro atoms. The summed E-state index contributed by atoms with van der Waals surface area (Å²) in [4.78, 5) is 14.0. The first-order chi connectivity index (χ1) is 10.0. The number of ether oxygens (including phenoxy) is 2. The Morgan fingerprint density at radius 2 is 1.90 bits per heavy atom. The number of aryl methyl sites for hydroxylation is 1. The minimum atomic E-state index is -0.144. The number of carbonyl (C=O) groups is 1. The summed E-state index contributed by atoms with van der Waals surface area (Å²) in [5.41, 5.74) is 2.17. The van der Waals surface area contributed by atoms with Crippen LogP contribution in [0.3, 0.4) is 0 Å². The van der Waals surface area contributed by atoms with Crippen LogP contribution in [0.4, 0.5) is 0 Å². The van der Waals surface area contributed by atoms with E-state index < -0.39 is 0 Å². The number of carbonyl (C=O) groups excluding carboxylic acids is 1. The van der Waals surface area contributed by atoms with E-state index in [-0.39, 0.29) is 11.2 Å². The van der Waals surface area contributed by atoms with Crippen molar-refractivity contribution in [3.8, 4) is 11.5 Å². The highest BCUT2D eigenvalue weighted by Crippen LogP contribution is 2.34. The molecule has 0 saturated carbocycles. The van der Waals surface area contributed by atoms with E-state index in [2.05, 4.69) is 0 Å². The van der Waals surface area contributed by atoms with Crippen molar-refractivity contribution in [2.75, 3.05) is 20.8 Å². The topological polar surface area (TPSA) is 38.8 Å². The molecule has 1 atom stereocenters. The van der Waals surface area contributed by atoms with Gasteiger partial charge in [-0.25, -0.2) is 0 Å². The molecule has 1 aromatic carbocycles. The van der Waals surface area contributed by atoms with E-state index in [0.29, 0.717) is 28.8 Å². The first-order valence-electron chi connectivity index (χ1n) is 6.75. The second-order valence-corrected chi connectivity index (χ2v) is 6.63. The molecule has 1 amide bonds. The van der Waals surface area contributed by atoms with Gasteiger partial charge in [0, 0.05) is 6.54 Å². The molecule has 1 aromatic rings. The summed E-state index contributed by atoms with van der Waals surface area (Å²) in [5.74, 6) is 1.49. The molecule has 6 heteroatoms. The lowest BCUT2D eigenvalue weighted by atomic mass is 10.0. The number of benzene rings is 1. The van der Waals surface area contributed by atoms with Crippen LogP contribution in [-0.2, 0) is 11.2 Å². The van der Waals surface area contributed by atoms with Crippen LogP contribution in [0.1, 0.15) is 18.1 Å². The first-order valence-corrected chi connectivity index (χ1v) is 8.04. The molecule has 0 aromatic heterocycles. The lowest BCUT2D eigenvalue weighted by molar-refractivity contribution is -0.125. The van der Waals surface area contributed by atoms with Gasteiger partial charge >= 0.3 is 0 Å². The molecule has 0 N–H and O–H groups in total. The minimum absolute atomic E-state index is 0.0988. The average molecular weight is 325 g/mol. The maximum atomic E-state index is 12.3. The van der Waals surface area contributed by atoms with Gasteiger partial charge in [-0.15, -0.1) is 0 Å². The van der Waals surface area contributed by atoms with E-state index in [1.54, 1.807) is 19.1 Å². The quantitative estimate of drug-likeness (QED) is 0.779. The fourth-order valence-corrected chi connectivity index (χ4v) is 4.00. The summed E-state index contributed by atoms with van der Waals surface area (Å²) < 4.78 is 11.3. The van der Waals surface area contributed by atoms with Crippen LogP contribution in [-0.4, -0.2) is 41.1 Å². The number of hydrogen-bond donors (Lipinski definition) is 0. The van der Waals surface area contributed by atoms with Gasteiger partial charge in [0.25, 0.3) is 0 Å². The molecule has 1 heterocycles. The summed E-state index contributed by atoms with van der Waals surface area (Å²) >= 11 is 6.72. The Labute approximate surface area is 134 Å². The molecule has 1 fully saturated rings. The SMILES string of the molecule is CCN1C(=O)[C@@H](Cc2cc(OC)c(OC)cc2C)SC1=S. The minimum Gasteiger partial charge on any atom is -0.493 e. The number of rotatable bonds is 5. The molecule has 114 valence electrons. The molecule has 4 nitrogen and oxygen atoms in total. The van der Waals surface area contributed by atoms with Gasteiger partial charge in [-0.2, -0.15) is 0 Å². The highest BCUT2D eigenvalue weighted by atomic mass is 32.2. The number of thiocarbonyl (C=S) groups is 1. The van der Waals surface area contributed by atoms with Gasteiger partial charge in [0.2, 0.25) is 5.91 Å². The van der Waals surface area contributed by atoms with Gasteiger partial charge < -0.3 is 9.47 Å². The van der Waals surface area contributed by atoms with Crippen molar-refractivity contribution in [1.82, 2.24) is 4.90 Å². The molecule has 0 unspecified atom stereocenters. The first kappa shape index (κ1) is 16.1. The van der Waals surface area contributed by atoms with Crippen molar-refractivity contribution in [3.63, 3.8) is 0 Å². The third-order valence-corrected chi connectivity index (χ3v) is 5.15. The van der Waals surface area contributed by atoms with Gasteiger partial charge in [-0.05, 0) is 43.5 Å². The number of nitrogens with zero attached hydrogens (tertiary/aromatic N) is 1. The Hall–Kier alpha value is -1.27. The average Bonchev–Trinajstić information content (AvgIpc) is 2.74. The summed E-state index contributed by atoms with van der Waals surface area (Å²) in [6, 6.07) is 3.88. The van der Waals surface area contributed by atoms with Crippen LogP contribution < -0.4 is 9.47 Å². The highest BCUT2D eigenvalue weighted by molar-refractivity contribution is 8.24. The van der Waals surface area contributed by atoms with E-state index in [9.17, 15) is 4.79 Å². The molecule has 1 saturated heterocycles. The monoisotopic (exact) mass is 325 g/mol. The maximum Gasteiger partial charge on any atom is 0.241 e. The number of hydrogen-bond acceptors (Lipinski definition) is 5. The third kappa shape index (κ3) is 3.16. The molecule has 21 heavy (non-hydrogen) atoms. The molecular weight excluding hydrogens is 306 g/mol. The number of amides is 1. The fraction of sp³-hybridized carbons (Fsp3) is 0.467. The molecular formula is C15H19NO3S2. The number of thioether (sulfide) groups is 1. The van der Waals surface area contributed by atoms with Crippen LogP contribution in [0.2, 0.25) is 0 Å². The van der Waals surface area contributed by atoms with Gasteiger partial charge in [0.15, 0.2) is 11.5 Å². The van der Waals surface area contributed by atoms with Gasteiger partial charge in [-0.1, -0.05) is 24.0 Å². The predicted octanol–water partition coefficient (Wildman–Crippen LogP) is 2.80. The van der Waals surface area contributed by atoms with E-state index in [1.165, 1.54) is 11.8 Å². The maximum absolute atomic E-state index is 12.3. The zero-order chi connectivity index (χ0) is 15.6. The second-order valence-electron chi connectivity index (χ2n) is 4.79. The summed E-state index contributed by atoms with van der Waals surface area (Å²) in [6.07, 6.45) is 0.645. The standard InChI is InChI=1S/C15H19NO3S2/c1-5-16-14(17)13(21-15(16)20)8-10-7-12(19-4)11(18-3)6-9(10)2/h6-7,13H,5,8H2,1-4H3/t13-/m1/s1. The van der Waals surface area contributed by atoms with E-state index in [4.69, 9.17) is 21.7 Å². The number of methoxy groups -OCH3 is 2. The van der Waals surface area contributed by atoms with Crippen LogP contribution in [0.25, 0.3) is 0 Å². The lowest BCUT2D eigenvalue weighted by Gasteiger charge is -2.15. The fourth-order valence-electron chi connectivity index (χ4n) is 2.36. The summed E-state index contributed by atoms with van der Waals surface area (Å²) in [5, 5.41) is -0.144. The van der Waals surface area contributed by atoms with Crippen molar-refractivity contribution >= 4 is 34.2 Å². The van der Waals surface area contributed by atoms with Gasteiger partial charge in [-0.3, -0.25) is 9.69 Å². The molecule has 1 aliphatic rings. The van der Waals surface area contributed by atoms with E-state index in [0.717, 1.165) is 11.1 Å². The van der Waals surface area contributed by atoms with Crippen LogP contribution in [0, 0.1) is 6.92 Å². The second kappa shape index (κ2) is 6.66. The van der Waals surface area contributed by atoms with Crippen LogP contribution in [0.5, 0.6) is 11.5 Å². The Balaban J connectivity index is 2.24. The van der Waals surface area contributed by atoms with Gasteiger partial charge in [0.05, 0.1) is 19.5 Å². The third-order valence-electron chi connectivity index (χ3n) is 3.57. The molecule has 1 aliphatic heterocycles. The lowest BCUT2D eigenvalue weighted by Crippen LogP contribution is -2.31. The Morgan fingerprint density at radius 1 is 1.29 bits per heavy atom. The van der Waals surface area contributed by atoms with Gasteiger partial charge in [0.1, 0.15) is 4.32 Å². The van der Waals surface area contributed by atoms with Crippen molar-refractivity contribution in [2.45, 2.75) is 25.5 Å². The van der Waals surface area contributed by atoms with Crippen LogP contribution in [0.15, 0.2) is 12.1 Å². The van der Waals surface area contributed by atoms with Crippen LogP contribution >= 0.6 is 24.0 Å². The molecule has 0 bridgehead atoms. The molecule has 2 rings (SSSR count). The smallest absolute Gasteiger partial charge is 0.241 e. The Morgan fingerprint density at radius 3 is 2.43 bits per heavy atom. The van der Waals surface area contributed by atoms with E-state index >= 15 is 0 Å². The largest absolute Gasteiger partial charge is 0.493 e. The zero-order valence-electron chi connectivity index (χ0n) is 12.6. The van der Waals surface area contributed by atoms with Crippen molar-refractivity contribution in [2.24, 2.45) is 0 Å². The Bertz CT molecular complexity index is 574. The summed E-state index contributed by atoms with van der Waals surface area (Å²) in [7, 11) is 3.23. The molecule has 0 radical (unpaired) electrons. The normalized spacial score (nSPS) is 18.3. The van der Waals surface area contributed by atoms with Crippen molar-refractivity contribution in [1.29, 1.82) is 0 Å². The zero-order valence-corrected chi connectivity index (χ0v) is 14.3. The van der Waals surface area contributed by atoms with E-state index in [1.807, 2.05) is 26.0 Å². The Kier molecular flexibility index (Phi) is 5.11.